The molecule has 14 heteroatoms. The lowest BCUT2D eigenvalue weighted by molar-refractivity contribution is -0.125. The van der Waals surface area contributed by atoms with Crippen LogP contribution in [-0.4, -0.2) is 95.4 Å². The van der Waals surface area contributed by atoms with Gasteiger partial charge in [0.1, 0.15) is 17.0 Å². The van der Waals surface area contributed by atoms with Gasteiger partial charge in [-0.25, -0.2) is 9.59 Å². The molecule has 0 aromatic heterocycles. The van der Waals surface area contributed by atoms with Gasteiger partial charge in [-0.15, -0.1) is 0 Å². The molecule has 3 aliphatic rings. The number of ketones is 2. The molecule has 0 aliphatic carbocycles. The molecule has 3 rings (SSSR count). The first kappa shape index (κ1) is 49.8. The lowest BCUT2D eigenvalue weighted by Gasteiger charge is -2.41. The van der Waals surface area contributed by atoms with E-state index in [4.69, 9.17) is 28.5 Å². The summed E-state index contributed by atoms with van der Waals surface area (Å²) in [4.78, 5) is 50.3. The molecule has 281 valence electrons. The summed E-state index contributed by atoms with van der Waals surface area (Å²) in [6, 6.07) is -0.0931. The molecule has 2 amide bonds. The zero-order valence-corrected chi connectivity index (χ0v) is 31.3. The number of piperidine rings is 1. The van der Waals surface area contributed by atoms with Gasteiger partial charge in [0.2, 0.25) is 0 Å². The standard InChI is InChI=1S/C14H25NO3.C12H19NO3.C4H8O.C2H5BF.C2H6O.F2/c1-6-10-8-12(16)9-11(7-2)15(10)13(17)18-14(3,4)5;1-5-9-8-10(14)6-7-13(9)11(15)16-12(2,3)4;1-2-4-5-3-1;1-2-3-4;1-2-3;1-2/h10-11H,6-9H2,1-5H3;6-7,9H,5,8H2,1-4H3;1-4H2;2H2,1H3;3H,2H2,1H3;/t10-,11+;;;;;. The number of hydrogen-bond acceptors (Lipinski definition) is 8. The molecule has 0 aromatic rings. The number of Topliss-reactive ketones (excluding diaryl/α,β-unsaturated/α-hetero) is 1. The minimum atomic E-state index is -0.509. The fraction of sp³-hybridized carbons (Fsp3) is 0.824. The van der Waals surface area contributed by atoms with Crippen molar-refractivity contribution in [3.63, 3.8) is 0 Å². The number of halogens is 3. The van der Waals surface area contributed by atoms with Gasteiger partial charge in [-0.3, -0.25) is 14.5 Å². The van der Waals surface area contributed by atoms with E-state index in [1.165, 1.54) is 30.0 Å². The molecule has 48 heavy (non-hydrogen) atoms. The first-order chi connectivity index (χ1) is 22.4. The van der Waals surface area contributed by atoms with Crippen LogP contribution >= 0.6 is 0 Å². The molecule has 0 aromatic carbocycles. The van der Waals surface area contributed by atoms with Crippen molar-refractivity contribution in [3.05, 3.63) is 12.3 Å². The lowest BCUT2D eigenvalue weighted by Crippen LogP contribution is -2.53. The molecule has 0 spiro atoms. The van der Waals surface area contributed by atoms with Gasteiger partial charge in [0.05, 0.1) is 0 Å². The Kier molecular flexibility index (Phi) is 29.3. The smallest absolute Gasteiger partial charge is 0.414 e. The van der Waals surface area contributed by atoms with Crippen molar-refractivity contribution in [2.45, 2.75) is 163 Å². The molecule has 10 nitrogen and oxygen atoms in total. The Morgan fingerprint density at radius 2 is 1.23 bits per heavy atom. The zero-order chi connectivity index (χ0) is 37.9. The Morgan fingerprint density at radius 3 is 1.54 bits per heavy atom. The highest BCUT2D eigenvalue weighted by Gasteiger charge is 2.38. The Hall–Kier alpha value is -2.61. The van der Waals surface area contributed by atoms with Crippen LogP contribution in [0.25, 0.3) is 0 Å². The quantitative estimate of drug-likeness (QED) is 0.292. The summed E-state index contributed by atoms with van der Waals surface area (Å²) in [6.45, 7) is 22.7. The number of carbonyl (C=O) groups excluding carboxylic acids is 4. The second-order valence-corrected chi connectivity index (χ2v) is 13.1. The summed E-state index contributed by atoms with van der Waals surface area (Å²) in [5.41, 5.74) is -1.00. The maximum absolute atomic E-state index is 12.3. The van der Waals surface area contributed by atoms with Crippen LogP contribution < -0.4 is 0 Å². The maximum atomic E-state index is 12.3. The number of amides is 2. The first-order valence-electron chi connectivity index (χ1n) is 16.9. The maximum Gasteiger partial charge on any atom is 0.414 e. The molecule has 0 saturated carbocycles. The number of ether oxygens (including phenoxy) is 3. The largest absolute Gasteiger partial charge is 0.444 e. The number of hydrogen-bond donors (Lipinski definition) is 1. The third-order valence-electron chi connectivity index (χ3n) is 6.57. The van der Waals surface area contributed by atoms with Crippen LogP contribution in [0.3, 0.4) is 0 Å². The van der Waals surface area contributed by atoms with Crippen molar-refractivity contribution in [2.75, 3.05) is 19.8 Å². The molecule has 2 saturated heterocycles. The number of aliphatic hydroxyl groups excluding tert-OH is 1. The average Bonchev–Trinajstić information content (AvgIpc) is 3.61. The molecular formula is C34H63BF3N2O8. The predicted molar refractivity (Wildman–Crippen MR) is 184 cm³/mol. The summed E-state index contributed by atoms with van der Waals surface area (Å²) >= 11 is 0. The van der Waals surface area contributed by atoms with Crippen LogP contribution in [-0.2, 0) is 23.8 Å². The normalized spacial score (nSPS) is 20.0. The van der Waals surface area contributed by atoms with E-state index < -0.39 is 11.2 Å². The van der Waals surface area contributed by atoms with E-state index in [2.05, 4.69) is 0 Å². The van der Waals surface area contributed by atoms with Crippen molar-refractivity contribution in [2.24, 2.45) is 0 Å². The molecule has 1 N–H and O–H groups in total. The molecule has 3 heterocycles. The Balaban J connectivity index is -0.000000608. The van der Waals surface area contributed by atoms with Crippen LogP contribution in [0.1, 0.15) is 128 Å². The number of likely N-dealkylation sites (tertiary alicyclic amines) is 1. The highest BCUT2D eigenvalue weighted by molar-refractivity contribution is 6.25. The van der Waals surface area contributed by atoms with Crippen molar-refractivity contribution in [1.82, 2.24) is 9.80 Å². The summed E-state index contributed by atoms with van der Waals surface area (Å²) in [7, 11) is 0.625. The summed E-state index contributed by atoms with van der Waals surface area (Å²) in [5, 5.41) is 7.57. The molecule has 1 radical (unpaired) electrons. The van der Waals surface area contributed by atoms with Gasteiger partial charge in [0, 0.05) is 72.6 Å². The van der Waals surface area contributed by atoms with Crippen molar-refractivity contribution < 1.29 is 52.0 Å². The Bertz CT molecular complexity index is 884. The minimum Gasteiger partial charge on any atom is -0.444 e. The van der Waals surface area contributed by atoms with E-state index >= 15 is 0 Å². The number of nitrogens with zero attached hydrogens (tertiary/aromatic N) is 2. The van der Waals surface area contributed by atoms with Gasteiger partial charge in [0.25, 0.3) is 0 Å². The van der Waals surface area contributed by atoms with Crippen molar-refractivity contribution in [3.8, 4) is 0 Å². The van der Waals surface area contributed by atoms with Gasteiger partial charge in [0.15, 0.2) is 5.78 Å². The average molecular weight is 696 g/mol. The van der Waals surface area contributed by atoms with Crippen LogP contribution in [0.5, 0.6) is 0 Å². The van der Waals surface area contributed by atoms with Gasteiger partial charge in [-0.2, -0.15) is 0 Å². The number of rotatable bonds is 4. The minimum absolute atomic E-state index is 0.00829. The van der Waals surface area contributed by atoms with Crippen LogP contribution in [0.2, 0.25) is 6.32 Å². The summed E-state index contributed by atoms with van der Waals surface area (Å²) < 4.78 is 42.3. The zero-order valence-electron chi connectivity index (χ0n) is 31.3. The second-order valence-electron chi connectivity index (χ2n) is 13.1. The number of aliphatic hydroxyl groups is 1. The second kappa shape index (κ2) is 28.3. The van der Waals surface area contributed by atoms with E-state index in [-0.39, 0.29) is 48.5 Å². The highest BCUT2D eigenvalue weighted by atomic mass is 20.0. The van der Waals surface area contributed by atoms with Gasteiger partial charge in [-0.05, 0) is 93.0 Å². The highest BCUT2D eigenvalue weighted by Crippen LogP contribution is 2.27. The lowest BCUT2D eigenvalue weighted by atomic mass is 9.92. The monoisotopic (exact) mass is 695 g/mol. The van der Waals surface area contributed by atoms with Gasteiger partial charge in [-0.1, -0.05) is 27.7 Å². The number of carbonyl (C=O) groups is 4. The molecule has 1 unspecified atom stereocenters. The third kappa shape index (κ3) is 24.5. The van der Waals surface area contributed by atoms with Crippen LogP contribution in [0.4, 0.5) is 23.1 Å². The van der Waals surface area contributed by atoms with E-state index in [1.54, 1.807) is 18.7 Å². The van der Waals surface area contributed by atoms with E-state index in [9.17, 15) is 23.5 Å². The molecule has 2 fully saturated rings. The molecule has 3 atom stereocenters. The SMILES string of the molecule is C1CCOC1.CCC1CC(=O)C=CN1C(=O)OC(C)(C)C.CCO.CC[B]F.CC[C@@H]1CC(=O)C[C@H](CC)N1C(=O)OC(C)(C)C.FF. The Labute approximate surface area is 288 Å². The van der Waals surface area contributed by atoms with E-state index in [1.807, 2.05) is 62.3 Å². The van der Waals surface area contributed by atoms with Gasteiger partial charge >= 0.3 is 19.7 Å². The van der Waals surface area contributed by atoms with E-state index in [0.29, 0.717) is 33.1 Å². The van der Waals surface area contributed by atoms with Crippen molar-refractivity contribution in [1.29, 1.82) is 0 Å². The Morgan fingerprint density at radius 1 is 0.833 bits per heavy atom. The third-order valence-corrected chi connectivity index (χ3v) is 6.57. The van der Waals surface area contributed by atoms with Crippen LogP contribution in [0.15, 0.2) is 12.3 Å². The fourth-order valence-electron chi connectivity index (χ4n) is 4.46. The topological polar surface area (TPSA) is 123 Å². The van der Waals surface area contributed by atoms with Crippen molar-refractivity contribution >= 4 is 31.3 Å². The predicted octanol–water partition coefficient (Wildman–Crippen LogP) is 8.28. The molecule has 0 bridgehead atoms. The van der Waals surface area contributed by atoms with Crippen LogP contribution in [0, 0.1) is 0 Å². The van der Waals surface area contributed by atoms with E-state index in [0.717, 1.165) is 32.5 Å². The first-order valence-corrected chi connectivity index (χ1v) is 16.9. The fourth-order valence-corrected chi connectivity index (χ4v) is 4.46. The number of allylic oxidation sites excluding steroid dienone is 1. The van der Waals surface area contributed by atoms with Gasteiger partial charge < -0.3 is 28.5 Å². The summed E-state index contributed by atoms with van der Waals surface area (Å²) in [6.07, 6.45) is 9.00. The summed E-state index contributed by atoms with van der Waals surface area (Å²) in [5.74, 6) is 0.320. The molecular weight excluding hydrogens is 632 g/mol. The molecule has 3 aliphatic heterocycles.